The van der Waals surface area contributed by atoms with E-state index in [0.717, 1.165) is 24.1 Å². The number of carbonyl (C=O) groups is 1. The molecule has 0 heterocycles. The second kappa shape index (κ2) is 5.71. The maximum atomic E-state index is 11.9. The van der Waals surface area contributed by atoms with Gasteiger partial charge in [0, 0.05) is 6.42 Å². The number of benzene rings is 1. The van der Waals surface area contributed by atoms with Gasteiger partial charge in [-0.25, -0.2) is 0 Å². The molecular formula is C15H19NO2. The zero-order chi connectivity index (χ0) is 13.0. The first-order chi connectivity index (χ1) is 8.69. The minimum absolute atomic E-state index is 0.0513. The maximum absolute atomic E-state index is 11.9. The van der Waals surface area contributed by atoms with Crippen LogP contribution in [0.2, 0.25) is 0 Å². The summed E-state index contributed by atoms with van der Waals surface area (Å²) in [5.74, 6) is 1.15. The number of hydrogen-bond acceptors (Lipinski definition) is 2. The number of methoxy groups -OCH3 is 1. The number of nitrogens with one attached hydrogen (secondary N) is 1. The molecule has 0 unspecified atom stereocenters. The van der Waals surface area contributed by atoms with Crippen LogP contribution >= 0.6 is 0 Å². The van der Waals surface area contributed by atoms with Gasteiger partial charge >= 0.3 is 0 Å². The molecule has 0 saturated carbocycles. The predicted molar refractivity (Wildman–Crippen MR) is 72.8 cm³/mol. The van der Waals surface area contributed by atoms with E-state index in [1.165, 1.54) is 0 Å². The van der Waals surface area contributed by atoms with Gasteiger partial charge in [-0.2, -0.15) is 0 Å². The molecule has 0 saturated heterocycles. The van der Waals surface area contributed by atoms with Crippen LogP contribution in [0.4, 0.5) is 5.69 Å². The van der Waals surface area contributed by atoms with Crippen molar-refractivity contribution >= 4 is 11.6 Å². The van der Waals surface area contributed by atoms with E-state index in [2.05, 4.69) is 17.5 Å². The van der Waals surface area contributed by atoms with Crippen LogP contribution in [-0.4, -0.2) is 13.0 Å². The average molecular weight is 245 g/mol. The predicted octanol–water partition coefficient (Wildman–Crippen LogP) is 3.30. The van der Waals surface area contributed by atoms with Crippen molar-refractivity contribution in [2.75, 3.05) is 12.4 Å². The summed E-state index contributed by atoms with van der Waals surface area (Å²) in [7, 11) is 1.61. The highest BCUT2D eigenvalue weighted by Gasteiger charge is 2.15. The van der Waals surface area contributed by atoms with Crippen molar-refractivity contribution in [3.63, 3.8) is 0 Å². The van der Waals surface area contributed by atoms with E-state index >= 15 is 0 Å². The molecule has 2 rings (SSSR count). The molecule has 0 fully saturated rings. The molecule has 1 aromatic carbocycles. The lowest BCUT2D eigenvalue weighted by molar-refractivity contribution is -0.116. The number of anilines is 1. The van der Waals surface area contributed by atoms with Crippen LogP contribution in [0.1, 0.15) is 24.8 Å². The number of amides is 1. The van der Waals surface area contributed by atoms with E-state index < -0.39 is 0 Å². The van der Waals surface area contributed by atoms with Crippen molar-refractivity contribution in [3.8, 4) is 5.75 Å². The molecule has 0 spiro atoms. The minimum atomic E-state index is 0.0513. The summed E-state index contributed by atoms with van der Waals surface area (Å²) in [5.41, 5.74) is 1.86. The minimum Gasteiger partial charge on any atom is -0.495 e. The van der Waals surface area contributed by atoms with E-state index in [0.29, 0.717) is 18.1 Å². The Morgan fingerprint density at radius 2 is 2.33 bits per heavy atom. The molecule has 0 aromatic heterocycles. The molecule has 1 atom stereocenters. The molecule has 1 aliphatic rings. The van der Waals surface area contributed by atoms with Crippen molar-refractivity contribution in [2.45, 2.75) is 26.2 Å². The highest BCUT2D eigenvalue weighted by Crippen LogP contribution is 2.26. The fourth-order valence-corrected chi connectivity index (χ4v) is 2.22. The van der Waals surface area contributed by atoms with Gasteiger partial charge in [0.15, 0.2) is 0 Å². The third-order valence-corrected chi connectivity index (χ3v) is 3.19. The Morgan fingerprint density at radius 1 is 1.50 bits per heavy atom. The van der Waals surface area contributed by atoms with Gasteiger partial charge in [-0.3, -0.25) is 4.79 Å². The average Bonchev–Trinajstić information content (AvgIpc) is 2.82. The Morgan fingerprint density at radius 3 is 3.00 bits per heavy atom. The maximum Gasteiger partial charge on any atom is 0.225 e. The Labute approximate surface area is 108 Å². The number of carbonyl (C=O) groups excluding carboxylic acids is 1. The second-order valence-electron chi connectivity index (χ2n) is 4.72. The highest BCUT2D eigenvalue weighted by molar-refractivity contribution is 5.92. The zero-order valence-corrected chi connectivity index (χ0v) is 10.9. The molecule has 1 N–H and O–H groups in total. The highest BCUT2D eigenvalue weighted by atomic mass is 16.5. The monoisotopic (exact) mass is 245 g/mol. The Kier molecular flexibility index (Phi) is 4.03. The summed E-state index contributed by atoms with van der Waals surface area (Å²) >= 11 is 0. The molecule has 1 amide bonds. The second-order valence-corrected chi connectivity index (χ2v) is 4.72. The summed E-state index contributed by atoms with van der Waals surface area (Å²) in [4.78, 5) is 11.9. The van der Waals surface area contributed by atoms with Crippen LogP contribution in [0, 0.1) is 12.8 Å². The molecule has 0 radical (unpaired) electrons. The Bertz CT molecular complexity index is 466. The summed E-state index contributed by atoms with van der Waals surface area (Å²) in [6.07, 6.45) is 7.00. The van der Waals surface area contributed by atoms with Crippen molar-refractivity contribution in [2.24, 2.45) is 5.92 Å². The normalized spacial score (nSPS) is 17.8. The van der Waals surface area contributed by atoms with Gasteiger partial charge in [-0.1, -0.05) is 18.2 Å². The van der Waals surface area contributed by atoms with Crippen LogP contribution in [0.15, 0.2) is 30.4 Å². The molecule has 0 aliphatic heterocycles. The Hall–Kier alpha value is -1.77. The van der Waals surface area contributed by atoms with Crippen LogP contribution in [0.25, 0.3) is 0 Å². The van der Waals surface area contributed by atoms with E-state index in [9.17, 15) is 4.79 Å². The lowest BCUT2D eigenvalue weighted by Crippen LogP contribution is -2.15. The molecule has 18 heavy (non-hydrogen) atoms. The quantitative estimate of drug-likeness (QED) is 0.826. The lowest BCUT2D eigenvalue weighted by Gasteiger charge is -2.12. The van der Waals surface area contributed by atoms with Gasteiger partial charge in [-0.15, -0.1) is 0 Å². The van der Waals surface area contributed by atoms with Crippen molar-refractivity contribution in [1.29, 1.82) is 0 Å². The van der Waals surface area contributed by atoms with Crippen LogP contribution in [0.3, 0.4) is 0 Å². The van der Waals surface area contributed by atoms with Crippen LogP contribution in [-0.2, 0) is 4.79 Å². The molecule has 96 valence electrons. The van der Waals surface area contributed by atoms with Crippen molar-refractivity contribution in [3.05, 3.63) is 35.9 Å². The lowest BCUT2D eigenvalue weighted by atomic mass is 10.0. The molecule has 1 aliphatic carbocycles. The topological polar surface area (TPSA) is 38.3 Å². The van der Waals surface area contributed by atoms with Gasteiger partial charge in [0.2, 0.25) is 5.91 Å². The standard InChI is InChI=1S/C15H19NO2/c1-11-7-8-14(18-2)13(9-11)16-15(17)10-12-5-3-4-6-12/h3,5,7-9,12H,4,6,10H2,1-2H3,(H,16,17)/t12-/m0/s1. The summed E-state index contributed by atoms with van der Waals surface area (Å²) in [6, 6.07) is 5.77. The number of aryl methyl sites for hydroxylation is 1. The summed E-state index contributed by atoms with van der Waals surface area (Å²) in [5, 5.41) is 2.93. The largest absolute Gasteiger partial charge is 0.495 e. The SMILES string of the molecule is COc1ccc(C)cc1NC(=O)C[C@H]1C=CCC1. The smallest absolute Gasteiger partial charge is 0.225 e. The third kappa shape index (κ3) is 3.13. The van der Waals surface area contributed by atoms with Gasteiger partial charge in [0.25, 0.3) is 0 Å². The summed E-state index contributed by atoms with van der Waals surface area (Å²) in [6.45, 7) is 1.99. The zero-order valence-electron chi connectivity index (χ0n) is 10.9. The molecular weight excluding hydrogens is 226 g/mol. The number of rotatable bonds is 4. The van der Waals surface area contributed by atoms with Crippen LogP contribution in [0.5, 0.6) is 5.75 Å². The molecule has 0 bridgehead atoms. The van der Waals surface area contributed by atoms with E-state index in [-0.39, 0.29) is 5.91 Å². The van der Waals surface area contributed by atoms with E-state index in [1.54, 1.807) is 7.11 Å². The van der Waals surface area contributed by atoms with Gasteiger partial charge < -0.3 is 10.1 Å². The Balaban J connectivity index is 2.01. The molecule has 3 nitrogen and oxygen atoms in total. The van der Waals surface area contributed by atoms with Gasteiger partial charge in [0.05, 0.1) is 12.8 Å². The van der Waals surface area contributed by atoms with Crippen molar-refractivity contribution in [1.82, 2.24) is 0 Å². The van der Waals surface area contributed by atoms with Crippen molar-refractivity contribution < 1.29 is 9.53 Å². The molecule has 3 heteroatoms. The molecule has 1 aromatic rings. The fourth-order valence-electron chi connectivity index (χ4n) is 2.22. The number of allylic oxidation sites excluding steroid dienone is 2. The number of ether oxygens (including phenoxy) is 1. The summed E-state index contributed by atoms with van der Waals surface area (Å²) < 4.78 is 5.24. The van der Waals surface area contributed by atoms with Gasteiger partial charge in [0.1, 0.15) is 5.75 Å². The van der Waals surface area contributed by atoms with Crippen LogP contribution < -0.4 is 10.1 Å². The van der Waals surface area contributed by atoms with E-state index in [4.69, 9.17) is 4.74 Å². The first-order valence-electron chi connectivity index (χ1n) is 6.30. The first kappa shape index (κ1) is 12.7. The fraction of sp³-hybridized carbons (Fsp3) is 0.400. The van der Waals surface area contributed by atoms with E-state index in [1.807, 2.05) is 25.1 Å². The first-order valence-corrected chi connectivity index (χ1v) is 6.30. The third-order valence-electron chi connectivity index (χ3n) is 3.19. The van der Waals surface area contributed by atoms with Gasteiger partial charge in [-0.05, 0) is 43.4 Å². The number of hydrogen-bond donors (Lipinski definition) is 1.